The maximum Gasteiger partial charge on any atom is 0.287 e. The zero-order valence-electron chi connectivity index (χ0n) is 16.5. The Kier molecular flexibility index (Phi) is 6.96. The summed E-state index contributed by atoms with van der Waals surface area (Å²) < 4.78 is 6.98. The lowest BCUT2D eigenvalue weighted by molar-refractivity contribution is 0.0383. The third-order valence-corrected chi connectivity index (χ3v) is 4.63. The minimum Gasteiger partial charge on any atom is -0.379 e. The predicted molar refractivity (Wildman–Crippen MR) is 106 cm³/mol. The highest BCUT2D eigenvalue weighted by atomic mass is 16.5. The van der Waals surface area contributed by atoms with E-state index in [1.165, 1.54) is 0 Å². The van der Waals surface area contributed by atoms with Gasteiger partial charge in [-0.15, -0.1) is 0 Å². The van der Waals surface area contributed by atoms with Gasteiger partial charge in [0, 0.05) is 45.5 Å². The highest BCUT2D eigenvalue weighted by molar-refractivity contribution is 6.02. The summed E-state index contributed by atoms with van der Waals surface area (Å²) in [5, 5.41) is 5.76. The molecule has 3 heterocycles. The van der Waals surface area contributed by atoms with E-state index in [2.05, 4.69) is 20.5 Å². The molecule has 1 aliphatic heterocycles. The van der Waals surface area contributed by atoms with Crippen LogP contribution in [-0.4, -0.2) is 97.6 Å². The van der Waals surface area contributed by atoms with Crippen molar-refractivity contribution in [3.8, 4) is 0 Å². The number of aromatic nitrogens is 2. The van der Waals surface area contributed by atoms with E-state index in [4.69, 9.17) is 4.74 Å². The smallest absolute Gasteiger partial charge is 0.287 e. The lowest BCUT2D eigenvalue weighted by Gasteiger charge is -2.26. The molecule has 9 heteroatoms. The highest BCUT2D eigenvalue weighted by Gasteiger charge is 2.21. The first-order chi connectivity index (χ1) is 13.6. The lowest BCUT2D eigenvalue weighted by atomic mass is 10.3. The number of likely N-dealkylation sites (N-methyl/N-ethyl adjacent to an activating group) is 1. The van der Waals surface area contributed by atoms with Crippen LogP contribution in [0.15, 0.2) is 24.4 Å². The second kappa shape index (κ2) is 9.63. The summed E-state index contributed by atoms with van der Waals surface area (Å²) in [6.07, 6.45) is 1.74. The number of nitrogens with zero attached hydrogens (tertiary/aromatic N) is 4. The Morgan fingerprint density at radius 1 is 1.14 bits per heavy atom. The summed E-state index contributed by atoms with van der Waals surface area (Å²) >= 11 is 0. The van der Waals surface area contributed by atoms with Crippen molar-refractivity contribution in [1.29, 1.82) is 0 Å². The first kappa shape index (κ1) is 20.2. The largest absolute Gasteiger partial charge is 0.379 e. The van der Waals surface area contributed by atoms with Gasteiger partial charge in [0.2, 0.25) is 5.82 Å². The maximum absolute atomic E-state index is 12.7. The van der Waals surface area contributed by atoms with E-state index in [0.29, 0.717) is 18.6 Å². The van der Waals surface area contributed by atoms with Crippen molar-refractivity contribution in [2.24, 2.45) is 0 Å². The van der Waals surface area contributed by atoms with Gasteiger partial charge in [-0.2, -0.15) is 0 Å². The molecule has 28 heavy (non-hydrogen) atoms. The van der Waals surface area contributed by atoms with Gasteiger partial charge in [0.1, 0.15) is 0 Å². The van der Waals surface area contributed by atoms with Crippen LogP contribution in [-0.2, 0) is 4.74 Å². The molecular formula is C19H28N6O3. The molecule has 2 aromatic heterocycles. The van der Waals surface area contributed by atoms with Crippen LogP contribution in [0.2, 0.25) is 0 Å². The van der Waals surface area contributed by atoms with Crippen molar-refractivity contribution in [2.45, 2.75) is 0 Å². The van der Waals surface area contributed by atoms with E-state index in [1.54, 1.807) is 16.7 Å². The normalized spacial score (nSPS) is 15.1. The van der Waals surface area contributed by atoms with Crippen LogP contribution in [0.5, 0.6) is 0 Å². The number of rotatable bonds is 8. The number of nitrogens with one attached hydrogen (secondary N) is 2. The van der Waals surface area contributed by atoms with Gasteiger partial charge in [0.15, 0.2) is 5.69 Å². The van der Waals surface area contributed by atoms with Gasteiger partial charge < -0.3 is 20.3 Å². The molecule has 1 aliphatic rings. The molecule has 0 saturated carbocycles. The maximum atomic E-state index is 12.7. The van der Waals surface area contributed by atoms with Gasteiger partial charge in [-0.05, 0) is 26.2 Å². The summed E-state index contributed by atoms with van der Waals surface area (Å²) in [6, 6.07) is 5.43. The van der Waals surface area contributed by atoms with Crippen molar-refractivity contribution < 1.29 is 14.3 Å². The molecule has 152 valence electrons. The minimum absolute atomic E-state index is 0.215. The number of hydrogen-bond acceptors (Lipinski definition) is 6. The molecule has 0 bridgehead atoms. The first-order valence-electron chi connectivity index (χ1n) is 9.54. The molecule has 0 atom stereocenters. The minimum atomic E-state index is -0.296. The van der Waals surface area contributed by atoms with Crippen LogP contribution in [0.1, 0.15) is 21.1 Å². The van der Waals surface area contributed by atoms with E-state index in [-0.39, 0.29) is 23.3 Å². The van der Waals surface area contributed by atoms with E-state index in [0.717, 1.165) is 39.4 Å². The Morgan fingerprint density at radius 2 is 1.89 bits per heavy atom. The molecule has 2 N–H and O–H groups in total. The number of fused-ring (bicyclic) bond motifs is 1. The van der Waals surface area contributed by atoms with Gasteiger partial charge in [-0.25, -0.2) is 4.98 Å². The monoisotopic (exact) mass is 388 g/mol. The van der Waals surface area contributed by atoms with Crippen molar-refractivity contribution >= 4 is 17.3 Å². The molecule has 0 aliphatic carbocycles. The molecule has 1 fully saturated rings. The average molecular weight is 388 g/mol. The molecule has 3 rings (SSSR count). The second-order valence-corrected chi connectivity index (χ2v) is 7.01. The first-order valence-corrected chi connectivity index (χ1v) is 9.54. The second-order valence-electron chi connectivity index (χ2n) is 7.01. The SMILES string of the molecule is CN(C)CCNC(=O)c1nc(C(=O)NCCN2CCOCC2)c2ccccn12. The fourth-order valence-electron chi connectivity index (χ4n) is 3.07. The number of imidazole rings is 1. The number of ether oxygens (including phenoxy) is 1. The van der Waals surface area contributed by atoms with Crippen LogP contribution in [0.25, 0.3) is 5.52 Å². The summed E-state index contributed by atoms with van der Waals surface area (Å²) in [5.74, 6) is -0.354. The molecular weight excluding hydrogens is 360 g/mol. The van der Waals surface area contributed by atoms with Crippen LogP contribution in [0.3, 0.4) is 0 Å². The summed E-state index contributed by atoms with van der Waals surface area (Å²) in [5.41, 5.74) is 0.879. The number of carbonyl (C=O) groups is 2. The van der Waals surface area contributed by atoms with Gasteiger partial charge >= 0.3 is 0 Å². The molecule has 0 radical (unpaired) electrons. The van der Waals surface area contributed by atoms with E-state index >= 15 is 0 Å². The quantitative estimate of drug-likeness (QED) is 0.645. The van der Waals surface area contributed by atoms with Crippen LogP contribution >= 0.6 is 0 Å². The zero-order chi connectivity index (χ0) is 19.9. The van der Waals surface area contributed by atoms with Gasteiger partial charge in [-0.1, -0.05) is 6.07 Å². The Bertz CT molecular complexity index is 813. The van der Waals surface area contributed by atoms with Crippen LogP contribution in [0.4, 0.5) is 0 Å². The fraction of sp³-hybridized carbons (Fsp3) is 0.526. The van der Waals surface area contributed by atoms with E-state index < -0.39 is 0 Å². The van der Waals surface area contributed by atoms with E-state index in [9.17, 15) is 9.59 Å². The van der Waals surface area contributed by atoms with Crippen molar-refractivity contribution in [3.05, 3.63) is 35.9 Å². The third-order valence-electron chi connectivity index (χ3n) is 4.63. The van der Waals surface area contributed by atoms with Gasteiger partial charge in [0.05, 0.1) is 18.7 Å². The average Bonchev–Trinajstić information content (AvgIpc) is 3.08. The van der Waals surface area contributed by atoms with Crippen molar-refractivity contribution in [2.75, 3.05) is 66.6 Å². The van der Waals surface area contributed by atoms with Crippen LogP contribution < -0.4 is 10.6 Å². The molecule has 0 unspecified atom stereocenters. The number of amides is 2. The lowest BCUT2D eigenvalue weighted by Crippen LogP contribution is -2.41. The Balaban J connectivity index is 1.66. The topological polar surface area (TPSA) is 91.2 Å². The van der Waals surface area contributed by atoms with Crippen LogP contribution in [0, 0.1) is 0 Å². The standard InChI is InChI=1S/C19H28N6O3/c1-23(2)9-6-21-19(27)17-22-16(15-5-3-4-8-25(15)17)18(26)20-7-10-24-11-13-28-14-12-24/h3-5,8H,6-7,9-14H2,1-2H3,(H,20,26)(H,21,27). The Labute approximate surface area is 164 Å². The molecule has 0 aromatic carbocycles. The summed E-state index contributed by atoms with van der Waals surface area (Å²) in [7, 11) is 3.88. The molecule has 0 spiro atoms. The number of carbonyl (C=O) groups excluding carboxylic acids is 2. The van der Waals surface area contributed by atoms with Crippen molar-refractivity contribution in [3.63, 3.8) is 0 Å². The third kappa shape index (κ3) is 5.06. The van der Waals surface area contributed by atoms with Gasteiger partial charge in [0.25, 0.3) is 11.8 Å². The number of morpholine rings is 1. The molecule has 1 saturated heterocycles. The molecule has 2 aromatic rings. The Morgan fingerprint density at radius 3 is 2.64 bits per heavy atom. The Hall–Kier alpha value is -2.49. The van der Waals surface area contributed by atoms with E-state index in [1.807, 2.05) is 31.1 Å². The molecule has 2 amide bonds. The highest BCUT2D eigenvalue weighted by Crippen LogP contribution is 2.13. The number of pyridine rings is 1. The predicted octanol–water partition coefficient (Wildman–Crippen LogP) is -0.312. The zero-order valence-corrected chi connectivity index (χ0v) is 16.5. The van der Waals surface area contributed by atoms with Gasteiger partial charge in [-0.3, -0.25) is 18.9 Å². The van der Waals surface area contributed by atoms with Crippen molar-refractivity contribution in [1.82, 2.24) is 29.8 Å². The summed E-state index contributed by atoms with van der Waals surface area (Å²) in [6.45, 7) is 5.73. The fourth-order valence-corrected chi connectivity index (χ4v) is 3.07. The summed E-state index contributed by atoms with van der Waals surface area (Å²) in [4.78, 5) is 33.8. The molecule has 9 nitrogen and oxygen atoms in total. The number of hydrogen-bond donors (Lipinski definition) is 2.